The van der Waals surface area contributed by atoms with Crippen molar-refractivity contribution in [3.63, 3.8) is 0 Å². The number of nitrogens with one attached hydrogen (secondary N) is 1. The van der Waals surface area contributed by atoms with E-state index in [-0.39, 0.29) is 47.2 Å². The average Bonchev–Trinajstić information content (AvgIpc) is 3.05. The van der Waals surface area contributed by atoms with Gasteiger partial charge in [0.2, 0.25) is 11.8 Å². The van der Waals surface area contributed by atoms with Crippen LogP contribution in [0.25, 0.3) is 0 Å². The molecule has 7 heteroatoms. The number of fused-ring (bicyclic) bond motifs is 3. The van der Waals surface area contributed by atoms with Crippen LogP contribution in [0.5, 0.6) is 11.5 Å². The van der Waals surface area contributed by atoms with E-state index in [1.54, 1.807) is 19.1 Å². The number of aromatic hydroxyl groups is 1. The molecular weight excluding hydrogens is 398 g/mol. The van der Waals surface area contributed by atoms with Crippen LogP contribution in [-0.2, 0) is 19.2 Å². The molecule has 1 aliphatic heterocycles. The SMILES string of the molecule is COc1cc([C@H]2C3=CC[C@@H]4C(=O)NC(=O)[C@@H]4[C@@H]3CC3=C2C(=O)C=C(C)C3=O)ccc1O. The summed E-state index contributed by atoms with van der Waals surface area (Å²) in [5.41, 5.74) is 2.76. The summed E-state index contributed by atoms with van der Waals surface area (Å²) in [6, 6.07) is 4.85. The van der Waals surface area contributed by atoms with Crippen LogP contribution in [0.15, 0.2) is 52.6 Å². The van der Waals surface area contributed by atoms with Crippen LogP contribution in [0.1, 0.15) is 31.2 Å². The molecule has 4 atom stereocenters. The van der Waals surface area contributed by atoms with Crippen LogP contribution in [0.4, 0.5) is 0 Å². The number of ether oxygens (including phenoxy) is 1. The maximum absolute atomic E-state index is 13.1. The van der Waals surface area contributed by atoms with Crippen molar-refractivity contribution in [2.45, 2.75) is 25.7 Å². The van der Waals surface area contributed by atoms with Crippen molar-refractivity contribution in [1.82, 2.24) is 5.32 Å². The third kappa shape index (κ3) is 2.72. The van der Waals surface area contributed by atoms with Crippen molar-refractivity contribution in [3.05, 3.63) is 58.2 Å². The molecule has 2 N–H and O–H groups in total. The van der Waals surface area contributed by atoms with E-state index < -0.39 is 17.8 Å². The first-order chi connectivity index (χ1) is 14.8. The second kappa shape index (κ2) is 6.77. The highest BCUT2D eigenvalue weighted by atomic mass is 16.5. The largest absolute Gasteiger partial charge is 0.504 e. The number of phenolic OH excluding ortho intramolecular Hbond substituents is 1. The van der Waals surface area contributed by atoms with Gasteiger partial charge in [0, 0.05) is 22.6 Å². The van der Waals surface area contributed by atoms with Crippen LogP contribution in [0.3, 0.4) is 0 Å². The zero-order chi connectivity index (χ0) is 22.0. The van der Waals surface area contributed by atoms with Gasteiger partial charge in [0.15, 0.2) is 23.1 Å². The monoisotopic (exact) mass is 419 g/mol. The molecule has 31 heavy (non-hydrogen) atoms. The van der Waals surface area contributed by atoms with Crippen LogP contribution >= 0.6 is 0 Å². The first-order valence-electron chi connectivity index (χ1n) is 10.2. The zero-order valence-corrected chi connectivity index (χ0v) is 17.1. The van der Waals surface area contributed by atoms with Crippen molar-refractivity contribution < 1.29 is 29.0 Å². The van der Waals surface area contributed by atoms with Gasteiger partial charge in [-0.15, -0.1) is 0 Å². The van der Waals surface area contributed by atoms with Crippen molar-refractivity contribution in [2.24, 2.45) is 17.8 Å². The number of ketones is 2. The topological polar surface area (TPSA) is 110 Å². The highest BCUT2D eigenvalue weighted by molar-refractivity contribution is 6.23. The van der Waals surface area contributed by atoms with E-state index in [1.165, 1.54) is 19.3 Å². The molecular formula is C24H21NO6. The maximum Gasteiger partial charge on any atom is 0.231 e. The Labute approximate surface area is 178 Å². The molecule has 0 unspecified atom stereocenters. The predicted octanol–water partition coefficient (Wildman–Crippen LogP) is 2.12. The normalized spacial score (nSPS) is 29.6. The van der Waals surface area contributed by atoms with E-state index in [9.17, 15) is 24.3 Å². The molecule has 1 aromatic carbocycles. The summed E-state index contributed by atoms with van der Waals surface area (Å²) in [6.07, 6.45) is 3.97. The second-order valence-corrected chi connectivity index (χ2v) is 8.51. The maximum atomic E-state index is 13.1. The first-order valence-corrected chi connectivity index (χ1v) is 10.2. The minimum atomic E-state index is -0.558. The van der Waals surface area contributed by atoms with Crippen LogP contribution in [0, 0.1) is 17.8 Å². The summed E-state index contributed by atoms with van der Waals surface area (Å²) in [6.45, 7) is 1.61. The van der Waals surface area contributed by atoms with Crippen LogP contribution < -0.4 is 10.1 Å². The number of amides is 2. The Bertz CT molecular complexity index is 1170. The lowest BCUT2D eigenvalue weighted by molar-refractivity contribution is -0.126. The quantitative estimate of drug-likeness (QED) is 0.432. The van der Waals surface area contributed by atoms with Gasteiger partial charge < -0.3 is 9.84 Å². The molecule has 2 amide bonds. The van der Waals surface area contributed by atoms with Gasteiger partial charge in [0.05, 0.1) is 18.9 Å². The van der Waals surface area contributed by atoms with E-state index >= 15 is 0 Å². The van der Waals surface area contributed by atoms with Crippen molar-refractivity contribution in [1.29, 1.82) is 0 Å². The van der Waals surface area contributed by atoms with Gasteiger partial charge in [0.25, 0.3) is 0 Å². The summed E-state index contributed by atoms with van der Waals surface area (Å²) >= 11 is 0. The highest BCUT2D eigenvalue weighted by Gasteiger charge is 2.53. The van der Waals surface area contributed by atoms with Crippen LogP contribution in [0.2, 0.25) is 0 Å². The van der Waals surface area contributed by atoms with Gasteiger partial charge in [-0.2, -0.15) is 0 Å². The molecule has 0 radical (unpaired) electrons. The fourth-order valence-electron chi connectivity index (χ4n) is 5.55. The fraction of sp³-hybridized carbons (Fsp3) is 0.333. The molecule has 4 aliphatic rings. The Kier molecular flexibility index (Phi) is 4.25. The van der Waals surface area contributed by atoms with Crippen molar-refractivity contribution in [2.75, 3.05) is 7.11 Å². The zero-order valence-electron chi connectivity index (χ0n) is 17.1. The number of hydrogen-bond acceptors (Lipinski definition) is 6. The smallest absolute Gasteiger partial charge is 0.231 e. The van der Waals surface area contributed by atoms with Crippen LogP contribution in [-0.4, -0.2) is 35.6 Å². The summed E-state index contributed by atoms with van der Waals surface area (Å²) in [4.78, 5) is 51.0. The minimum absolute atomic E-state index is 0.0342. The molecule has 5 rings (SSSR count). The third-order valence-corrected chi connectivity index (χ3v) is 6.94. The summed E-state index contributed by atoms with van der Waals surface area (Å²) in [7, 11) is 1.44. The number of rotatable bonds is 2. The van der Waals surface area contributed by atoms with Crippen molar-refractivity contribution >= 4 is 23.4 Å². The minimum Gasteiger partial charge on any atom is -0.504 e. The molecule has 1 fully saturated rings. The molecule has 1 saturated heterocycles. The molecule has 0 spiro atoms. The molecule has 0 saturated carbocycles. The Morgan fingerprint density at radius 1 is 1.10 bits per heavy atom. The standard InChI is InChI=1S/C24H21NO6/c1-10-7-17(27)21-15(22(10)28)9-14-12(4-5-13-20(14)24(30)25-23(13)29)19(21)11-3-6-16(26)18(8-11)31-2/h3-4,6-8,13-14,19-20,26H,5,9H2,1-2H3,(H,25,29,30)/t13-,14+,19-,20-/m0/s1. The molecule has 7 nitrogen and oxygen atoms in total. The molecule has 0 bridgehead atoms. The number of benzene rings is 1. The predicted molar refractivity (Wildman–Crippen MR) is 109 cm³/mol. The molecule has 1 heterocycles. The Morgan fingerprint density at radius 2 is 1.87 bits per heavy atom. The lowest BCUT2D eigenvalue weighted by Gasteiger charge is -2.42. The van der Waals surface area contributed by atoms with Gasteiger partial charge in [-0.05, 0) is 49.5 Å². The lowest BCUT2D eigenvalue weighted by Crippen LogP contribution is -2.39. The Hall–Kier alpha value is -3.48. The van der Waals surface area contributed by atoms with Gasteiger partial charge in [-0.3, -0.25) is 24.5 Å². The van der Waals surface area contributed by atoms with E-state index in [4.69, 9.17) is 4.74 Å². The number of allylic oxidation sites excluding steroid dienone is 6. The summed E-state index contributed by atoms with van der Waals surface area (Å²) in [5, 5.41) is 12.5. The highest BCUT2D eigenvalue weighted by Crippen LogP contribution is 2.54. The number of methoxy groups -OCH3 is 1. The Balaban J connectivity index is 1.72. The first kappa shape index (κ1) is 19.5. The van der Waals surface area contributed by atoms with E-state index in [0.717, 1.165) is 5.57 Å². The van der Waals surface area contributed by atoms with Gasteiger partial charge in [-0.1, -0.05) is 17.7 Å². The number of Topliss-reactive ketones (excluding diaryl/α,β-unsaturated/α-hetero) is 1. The van der Waals surface area contributed by atoms with Crippen molar-refractivity contribution in [3.8, 4) is 11.5 Å². The Morgan fingerprint density at radius 3 is 2.61 bits per heavy atom. The van der Waals surface area contributed by atoms with E-state index in [1.807, 2.05) is 6.08 Å². The van der Waals surface area contributed by atoms with E-state index in [2.05, 4.69) is 5.32 Å². The number of imide groups is 1. The van der Waals surface area contributed by atoms with Gasteiger partial charge in [-0.25, -0.2) is 0 Å². The van der Waals surface area contributed by atoms with Gasteiger partial charge >= 0.3 is 0 Å². The lowest BCUT2D eigenvalue weighted by atomic mass is 9.59. The number of hydrogen-bond donors (Lipinski definition) is 2. The number of carbonyl (C=O) groups excluding carboxylic acids is 4. The molecule has 158 valence electrons. The number of phenols is 1. The molecule has 0 aromatic heterocycles. The van der Waals surface area contributed by atoms with E-state index in [0.29, 0.717) is 28.7 Å². The second-order valence-electron chi connectivity index (χ2n) is 8.51. The molecule has 3 aliphatic carbocycles. The third-order valence-electron chi connectivity index (χ3n) is 6.94. The summed E-state index contributed by atoms with van der Waals surface area (Å²) in [5.74, 6) is -2.71. The fourth-order valence-corrected chi connectivity index (χ4v) is 5.55. The average molecular weight is 419 g/mol. The molecule has 1 aromatic rings. The number of carbonyl (C=O) groups is 4. The van der Waals surface area contributed by atoms with Gasteiger partial charge in [0.1, 0.15) is 0 Å². The summed E-state index contributed by atoms with van der Waals surface area (Å²) < 4.78 is 5.26.